The van der Waals surface area contributed by atoms with Crippen LogP contribution >= 0.6 is 0 Å². The molecule has 0 saturated carbocycles. The van der Waals surface area contributed by atoms with Crippen LogP contribution in [-0.2, 0) is 18.4 Å². The van der Waals surface area contributed by atoms with Gasteiger partial charge in [0, 0.05) is 6.92 Å². The van der Waals surface area contributed by atoms with Crippen LogP contribution in [0.15, 0.2) is 52.9 Å². The quantitative estimate of drug-likeness (QED) is 0.203. The van der Waals surface area contributed by atoms with Crippen molar-refractivity contribution in [1.29, 1.82) is 0 Å². The summed E-state index contributed by atoms with van der Waals surface area (Å²) in [5.41, 5.74) is 10.5. The first-order valence-corrected chi connectivity index (χ1v) is 12.3. The molecule has 0 radical (unpaired) electrons. The molecule has 2 rings (SSSR count). The Morgan fingerprint density at radius 1 is 0.912 bits per heavy atom. The molecule has 2 aromatic heterocycles. The van der Waals surface area contributed by atoms with Gasteiger partial charge in [-0.05, 0) is 73.1 Å². The fourth-order valence-electron chi connectivity index (χ4n) is 3.93. The number of aromatic nitrogens is 4. The van der Waals surface area contributed by atoms with Crippen LogP contribution in [-0.4, -0.2) is 21.6 Å². The number of nitrogens with one attached hydrogen (secondary N) is 1. The van der Waals surface area contributed by atoms with E-state index >= 15 is 0 Å². The third kappa shape index (κ3) is 8.90. The van der Waals surface area contributed by atoms with Gasteiger partial charge >= 0.3 is 5.65 Å². The molecule has 6 heteroatoms. The Morgan fingerprint density at radius 3 is 2.03 bits per heavy atom. The van der Waals surface area contributed by atoms with Gasteiger partial charge in [0.15, 0.2) is 12.1 Å². The maximum absolute atomic E-state index is 5.13. The van der Waals surface area contributed by atoms with Crippen molar-refractivity contribution in [3.63, 3.8) is 0 Å². The molecule has 0 saturated heterocycles. The summed E-state index contributed by atoms with van der Waals surface area (Å²) >= 11 is 0. The lowest BCUT2D eigenvalue weighted by Gasteiger charge is -2.04. The highest BCUT2D eigenvalue weighted by molar-refractivity contribution is 5.80. The highest BCUT2D eigenvalue weighted by atomic mass is 16.6. The summed E-state index contributed by atoms with van der Waals surface area (Å²) in [6.45, 7) is 13.7. The lowest BCUT2D eigenvalue weighted by Crippen LogP contribution is -2.26. The predicted molar refractivity (Wildman–Crippen MR) is 142 cm³/mol. The van der Waals surface area contributed by atoms with Gasteiger partial charge < -0.3 is 0 Å². The van der Waals surface area contributed by atoms with E-state index in [-0.39, 0.29) is 0 Å². The van der Waals surface area contributed by atoms with Crippen molar-refractivity contribution >= 4 is 17.0 Å². The molecule has 2 aromatic rings. The van der Waals surface area contributed by atoms with Crippen LogP contribution in [0.5, 0.6) is 0 Å². The first-order chi connectivity index (χ1) is 16.2. The fraction of sp³-hybridized carbons (Fsp3) is 0.536. The minimum Gasteiger partial charge on any atom is -0.278 e. The topological polar surface area (TPSA) is 55.9 Å². The molecule has 0 unspecified atom stereocenters. The van der Waals surface area contributed by atoms with Gasteiger partial charge in [0.25, 0.3) is 0 Å². The van der Waals surface area contributed by atoms with E-state index in [0.29, 0.717) is 11.6 Å². The zero-order valence-electron chi connectivity index (χ0n) is 22.5. The molecule has 0 bridgehead atoms. The van der Waals surface area contributed by atoms with E-state index in [0.717, 1.165) is 49.8 Å². The van der Waals surface area contributed by atoms with E-state index in [2.05, 4.69) is 85.3 Å². The Hall–Kier alpha value is -2.73. The zero-order chi connectivity index (χ0) is 25.1. The fourth-order valence-corrected chi connectivity index (χ4v) is 3.93. The highest BCUT2D eigenvalue weighted by Crippen LogP contribution is 2.19. The number of allylic oxidation sites excluding steroid dienone is 8. The Kier molecular flexibility index (Phi) is 11.2. The zero-order valence-corrected chi connectivity index (χ0v) is 22.5. The highest BCUT2D eigenvalue weighted by Gasteiger charge is 2.20. The molecule has 0 aromatic carbocycles. The normalized spacial score (nSPS) is 13.0. The molecule has 6 nitrogen and oxygen atoms in total. The van der Waals surface area contributed by atoms with E-state index in [1.165, 1.54) is 28.7 Å². The van der Waals surface area contributed by atoms with E-state index in [4.69, 9.17) is 4.84 Å². The lowest BCUT2D eigenvalue weighted by molar-refractivity contribution is -0.647. The summed E-state index contributed by atoms with van der Waals surface area (Å²) < 4.78 is 4.19. The number of anilines is 1. The van der Waals surface area contributed by atoms with Crippen molar-refractivity contribution in [2.45, 2.75) is 86.6 Å². The molecule has 0 amide bonds. The molecule has 0 fully saturated rings. The van der Waals surface area contributed by atoms with Crippen molar-refractivity contribution in [3.05, 3.63) is 58.7 Å². The van der Waals surface area contributed by atoms with E-state index in [1.54, 1.807) is 7.11 Å². The second kappa shape index (κ2) is 13.9. The molecule has 2 heterocycles. The Labute approximate surface area is 206 Å². The summed E-state index contributed by atoms with van der Waals surface area (Å²) in [5.74, 6) is 1.40. The van der Waals surface area contributed by atoms with E-state index in [9.17, 15) is 0 Å². The van der Waals surface area contributed by atoms with Crippen LogP contribution in [0, 0.1) is 6.92 Å². The van der Waals surface area contributed by atoms with Gasteiger partial charge in [0.1, 0.15) is 0 Å². The average Bonchev–Trinajstić information content (AvgIpc) is 3.07. The maximum Gasteiger partial charge on any atom is 0.307 e. The minimum atomic E-state index is 0.691. The number of nitrogens with zero attached hydrogens (tertiary/aromatic N) is 4. The summed E-state index contributed by atoms with van der Waals surface area (Å²) in [4.78, 5) is 14.2. The van der Waals surface area contributed by atoms with Gasteiger partial charge in [-0.1, -0.05) is 51.6 Å². The Balaban J connectivity index is 1.89. The molecule has 0 aliphatic rings. The third-order valence-corrected chi connectivity index (χ3v) is 5.90. The number of fused-ring (bicyclic) bond motifs is 1. The summed E-state index contributed by atoms with van der Waals surface area (Å²) in [6.07, 6.45) is 18.2. The summed E-state index contributed by atoms with van der Waals surface area (Å²) in [6, 6.07) is 0. The Bertz CT molecular complexity index is 1070. The number of hydrogen-bond acceptors (Lipinski definition) is 4. The van der Waals surface area contributed by atoms with Crippen LogP contribution in [0.25, 0.3) is 11.2 Å². The van der Waals surface area contributed by atoms with Gasteiger partial charge in [-0.25, -0.2) is 10.0 Å². The average molecular weight is 467 g/mol. The van der Waals surface area contributed by atoms with Crippen molar-refractivity contribution in [2.75, 3.05) is 12.6 Å². The predicted octanol–water partition coefficient (Wildman–Crippen LogP) is 6.68. The molecule has 186 valence electrons. The van der Waals surface area contributed by atoms with Crippen LogP contribution in [0.3, 0.4) is 0 Å². The van der Waals surface area contributed by atoms with Crippen molar-refractivity contribution < 1.29 is 9.40 Å². The van der Waals surface area contributed by atoms with Crippen LogP contribution in [0.2, 0.25) is 0 Å². The van der Waals surface area contributed by atoms with Gasteiger partial charge in [0.2, 0.25) is 11.3 Å². The molecule has 1 N–H and O–H groups in total. The maximum atomic E-state index is 5.13. The standard InChI is InChI=1S/C28H44N5O/c1-21(2)12-9-13-22(3)14-10-15-23(4)16-11-17-24(5)18-19-33-20-32(7)28-26(33)27(31-34-8)29-25(6)30-28/h12,14,16,18,20H,9-11,13,15,17,19H2,1-8H3,(H,29,30,31)/q+1/b22-14+,23-16+,24-18+. The van der Waals surface area contributed by atoms with Crippen LogP contribution in [0.4, 0.5) is 5.82 Å². The molecule has 0 aliphatic carbocycles. The second-order valence-electron chi connectivity index (χ2n) is 9.53. The first kappa shape index (κ1) is 27.5. The van der Waals surface area contributed by atoms with Crippen molar-refractivity contribution in [3.8, 4) is 0 Å². The number of imidazole rings is 1. The van der Waals surface area contributed by atoms with Gasteiger partial charge in [-0.2, -0.15) is 4.98 Å². The first-order valence-electron chi connectivity index (χ1n) is 12.3. The van der Waals surface area contributed by atoms with Crippen LogP contribution < -0.4 is 10.0 Å². The largest absolute Gasteiger partial charge is 0.307 e. The molecule has 0 aliphatic heterocycles. The van der Waals surface area contributed by atoms with Crippen LogP contribution in [0.1, 0.15) is 79.0 Å². The molecule has 34 heavy (non-hydrogen) atoms. The van der Waals surface area contributed by atoms with E-state index in [1.807, 2.05) is 18.5 Å². The van der Waals surface area contributed by atoms with Gasteiger partial charge in [0.05, 0.1) is 20.7 Å². The minimum absolute atomic E-state index is 0.691. The van der Waals surface area contributed by atoms with E-state index < -0.39 is 0 Å². The number of rotatable bonds is 13. The van der Waals surface area contributed by atoms with Gasteiger partial charge in [-0.15, -0.1) is 0 Å². The van der Waals surface area contributed by atoms with Gasteiger partial charge in [-0.3, -0.25) is 9.40 Å². The SMILES string of the molecule is CONc1nc(C)nc2c1n(C/C=C(\C)CC/C=C(\C)CC/C=C(\C)CCC=C(C)C)c[n+]2C. The summed E-state index contributed by atoms with van der Waals surface area (Å²) in [7, 11) is 3.60. The molecular weight excluding hydrogens is 422 g/mol. The Morgan fingerprint density at radius 2 is 1.47 bits per heavy atom. The molecular formula is C28H44N5O+. The van der Waals surface area contributed by atoms with Crippen molar-refractivity contribution in [2.24, 2.45) is 7.05 Å². The monoisotopic (exact) mass is 466 g/mol. The summed E-state index contributed by atoms with van der Waals surface area (Å²) in [5, 5.41) is 0. The molecule has 0 atom stereocenters. The van der Waals surface area contributed by atoms with Crippen molar-refractivity contribution in [1.82, 2.24) is 14.5 Å². The number of aryl methyl sites for hydroxylation is 2. The number of hydrogen-bond donors (Lipinski definition) is 1. The third-order valence-electron chi connectivity index (χ3n) is 5.90. The molecule has 0 spiro atoms. The lowest BCUT2D eigenvalue weighted by atomic mass is 10.0. The second-order valence-corrected chi connectivity index (χ2v) is 9.53. The smallest absolute Gasteiger partial charge is 0.278 e.